The van der Waals surface area contributed by atoms with Crippen LogP contribution >= 0.6 is 0 Å². The van der Waals surface area contributed by atoms with Gasteiger partial charge in [-0.3, -0.25) is 9.59 Å². The molecule has 0 aromatic carbocycles. The van der Waals surface area contributed by atoms with E-state index in [9.17, 15) is 9.59 Å². The SMILES string of the molecule is CCCCC(CC)C(=O)CC(=O)C(C)(C)C. The van der Waals surface area contributed by atoms with Crippen molar-refractivity contribution in [2.45, 2.75) is 66.7 Å². The first-order valence-corrected chi connectivity index (χ1v) is 6.38. The quantitative estimate of drug-likeness (QED) is 0.619. The van der Waals surface area contributed by atoms with Crippen LogP contribution in [0.4, 0.5) is 0 Å². The smallest absolute Gasteiger partial charge is 0.145 e. The zero-order valence-electron chi connectivity index (χ0n) is 11.4. The van der Waals surface area contributed by atoms with Gasteiger partial charge in [-0.05, 0) is 12.8 Å². The molecule has 16 heavy (non-hydrogen) atoms. The third-order valence-corrected chi connectivity index (χ3v) is 3.03. The van der Waals surface area contributed by atoms with Crippen LogP contribution in [0, 0.1) is 11.3 Å². The van der Waals surface area contributed by atoms with E-state index >= 15 is 0 Å². The summed E-state index contributed by atoms with van der Waals surface area (Å²) in [5.74, 6) is 0.287. The molecule has 0 aromatic rings. The number of rotatable bonds is 7. The van der Waals surface area contributed by atoms with Gasteiger partial charge in [0.1, 0.15) is 11.6 Å². The number of ketones is 2. The number of hydrogen-bond donors (Lipinski definition) is 0. The summed E-state index contributed by atoms with van der Waals surface area (Å²) in [4.78, 5) is 23.7. The van der Waals surface area contributed by atoms with Gasteiger partial charge in [0.15, 0.2) is 0 Å². The minimum absolute atomic E-state index is 0.0625. The van der Waals surface area contributed by atoms with E-state index in [1.165, 1.54) is 0 Å². The van der Waals surface area contributed by atoms with Crippen molar-refractivity contribution in [1.82, 2.24) is 0 Å². The first-order chi connectivity index (χ1) is 7.32. The summed E-state index contributed by atoms with van der Waals surface area (Å²) in [6.45, 7) is 9.76. The molecule has 0 saturated heterocycles. The van der Waals surface area contributed by atoms with E-state index in [0.29, 0.717) is 0 Å². The van der Waals surface area contributed by atoms with Crippen LogP contribution in [0.15, 0.2) is 0 Å². The van der Waals surface area contributed by atoms with Gasteiger partial charge in [-0.15, -0.1) is 0 Å². The molecule has 2 heteroatoms. The molecule has 0 aliphatic rings. The molecule has 0 spiro atoms. The Morgan fingerprint density at radius 3 is 2.06 bits per heavy atom. The topological polar surface area (TPSA) is 34.1 Å². The van der Waals surface area contributed by atoms with Crippen molar-refractivity contribution in [3.63, 3.8) is 0 Å². The summed E-state index contributed by atoms with van der Waals surface area (Å²) >= 11 is 0. The van der Waals surface area contributed by atoms with Crippen LogP contribution in [0.25, 0.3) is 0 Å². The number of carbonyl (C=O) groups is 2. The largest absolute Gasteiger partial charge is 0.299 e. The number of Topliss-reactive ketones (excluding diaryl/α,β-unsaturated/α-hetero) is 2. The second kappa shape index (κ2) is 6.82. The Kier molecular flexibility index (Phi) is 6.54. The number of hydrogen-bond acceptors (Lipinski definition) is 2. The average Bonchev–Trinajstić information content (AvgIpc) is 2.17. The molecule has 0 radical (unpaired) electrons. The molecule has 0 saturated carbocycles. The van der Waals surface area contributed by atoms with Gasteiger partial charge in [0.2, 0.25) is 0 Å². The molecule has 0 aliphatic carbocycles. The molecule has 1 atom stereocenters. The highest BCUT2D eigenvalue weighted by atomic mass is 16.1. The molecular formula is C14H26O2. The van der Waals surface area contributed by atoms with Crippen molar-refractivity contribution in [1.29, 1.82) is 0 Å². The fourth-order valence-electron chi connectivity index (χ4n) is 1.61. The minimum atomic E-state index is -0.390. The fourth-order valence-corrected chi connectivity index (χ4v) is 1.61. The van der Waals surface area contributed by atoms with Crippen LogP contribution in [-0.2, 0) is 9.59 Å². The molecule has 1 unspecified atom stereocenters. The van der Waals surface area contributed by atoms with Crippen molar-refractivity contribution in [3.8, 4) is 0 Å². The Bertz CT molecular complexity index is 236. The van der Waals surface area contributed by atoms with Crippen LogP contribution in [0.3, 0.4) is 0 Å². The Labute approximate surface area is 99.8 Å². The van der Waals surface area contributed by atoms with E-state index in [0.717, 1.165) is 25.7 Å². The third kappa shape index (κ3) is 5.43. The molecular weight excluding hydrogens is 200 g/mol. The van der Waals surface area contributed by atoms with E-state index < -0.39 is 5.41 Å². The molecule has 0 aromatic heterocycles. The van der Waals surface area contributed by atoms with Crippen molar-refractivity contribution in [2.24, 2.45) is 11.3 Å². The average molecular weight is 226 g/mol. The Morgan fingerprint density at radius 1 is 1.12 bits per heavy atom. The number of carbonyl (C=O) groups excluding carboxylic acids is 2. The van der Waals surface area contributed by atoms with E-state index in [1.54, 1.807) is 0 Å². The van der Waals surface area contributed by atoms with Gasteiger partial charge in [0, 0.05) is 11.3 Å². The van der Waals surface area contributed by atoms with Crippen LogP contribution in [0.5, 0.6) is 0 Å². The maximum absolute atomic E-state index is 11.9. The van der Waals surface area contributed by atoms with Crippen LogP contribution in [-0.4, -0.2) is 11.6 Å². The Balaban J connectivity index is 4.26. The maximum Gasteiger partial charge on any atom is 0.145 e. The first-order valence-electron chi connectivity index (χ1n) is 6.38. The van der Waals surface area contributed by atoms with Gasteiger partial charge in [-0.2, -0.15) is 0 Å². The van der Waals surface area contributed by atoms with Gasteiger partial charge >= 0.3 is 0 Å². The van der Waals surface area contributed by atoms with Crippen molar-refractivity contribution < 1.29 is 9.59 Å². The molecule has 0 fully saturated rings. The molecule has 0 heterocycles. The lowest BCUT2D eigenvalue weighted by molar-refractivity contribution is -0.133. The summed E-state index contributed by atoms with van der Waals surface area (Å²) in [5.41, 5.74) is -0.390. The van der Waals surface area contributed by atoms with Crippen LogP contribution in [0.1, 0.15) is 66.7 Å². The molecule has 0 bridgehead atoms. The highest BCUT2D eigenvalue weighted by Gasteiger charge is 2.26. The second-order valence-electron chi connectivity index (χ2n) is 5.56. The van der Waals surface area contributed by atoms with Gasteiger partial charge in [-0.25, -0.2) is 0 Å². The normalized spacial score (nSPS) is 13.6. The van der Waals surface area contributed by atoms with E-state index in [4.69, 9.17) is 0 Å². The maximum atomic E-state index is 11.9. The summed E-state index contributed by atoms with van der Waals surface area (Å²) in [5, 5.41) is 0. The predicted molar refractivity (Wildman–Crippen MR) is 67.4 cm³/mol. The summed E-state index contributed by atoms with van der Waals surface area (Å²) in [6.07, 6.45) is 4.09. The van der Waals surface area contributed by atoms with Crippen molar-refractivity contribution in [2.75, 3.05) is 0 Å². The lowest BCUT2D eigenvalue weighted by atomic mass is 9.84. The standard InChI is InChI=1S/C14H26O2/c1-6-8-9-11(7-2)12(15)10-13(16)14(3,4)5/h11H,6-10H2,1-5H3. The van der Waals surface area contributed by atoms with Crippen LogP contribution < -0.4 is 0 Å². The summed E-state index contributed by atoms with van der Waals surface area (Å²) in [7, 11) is 0. The van der Waals surface area contributed by atoms with Gasteiger partial charge in [0.25, 0.3) is 0 Å². The lowest BCUT2D eigenvalue weighted by Gasteiger charge is -2.18. The third-order valence-electron chi connectivity index (χ3n) is 3.03. The van der Waals surface area contributed by atoms with Crippen molar-refractivity contribution in [3.05, 3.63) is 0 Å². The molecule has 94 valence electrons. The fraction of sp³-hybridized carbons (Fsp3) is 0.857. The highest BCUT2D eigenvalue weighted by molar-refractivity contribution is 6.02. The molecule has 0 aliphatic heterocycles. The number of unbranched alkanes of at least 4 members (excludes halogenated alkanes) is 1. The van der Waals surface area contributed by atoms with E-state index in [1.807, 2.05) is 27.7 Å². The molecule has 0 amide bonds. The monoisotopic (exact) mass is 226 g/mol. The first kappa shape index (κ1) is 15.3. The minimum Gasteiger partial charge on any atom is -0.299 e. The van der Waals surface area contributed by atoms with Gasteiger partial charge < -0.3 is 0 Å². The van der Waals surface area contributed by atoms with E-state index in [-0.39, 0.29) is 23.9 Å². The zero-order chi connectivity index (χ0) is 12.8. The molecule has 0 rings (SSSR count). The highest BCUT2D eigenvalue weighted by Crippen LogP contribution is 2.21. The van der Waals surface area contributed by atoms with Gasteiger partial charge in [-0.1, -0.05) is 47.5 Å². The van der Waals surface area contributed by atoms with Crippen LogP contribution in [0.2, 0.25) is 0 Å². The summed E-state index contributed by atoms with van der Waals surface area (Å²) in [6, 6.07) is 0. The summed E-state index contributed by atoms with van der Waals surface area (Å²) < 4.78 is 0. The van der Waals surface area contributed by atoms with Gasteiger partial charge in [0.05, 0.1) is 6.42 Å². The predicted octanol–water partition coefficient (Wildman–Crippen LogP) is 3.78. The Hall–Kier alpha value is -0.660. The van der Waals surface area contributed by atoms with E-state index in [2.05, 4.69) is 6.92 Å². The molecule has 0 N–H and O–H groups in total. The lowest BCUT2D eigenvalue weighted by Crippen LogP contribution is -2.26. The second-order valence-corrected chi connectivity index (χ2v) is 5.56. The molecule has 2 nitrogen and oxygen atoms in total. The Morgan fingerprint density at radius 2 is 1.69 bits per heavy atom. The van der Waals surface area contributed by atoms with Crippen molar-refractivity contribution >= 4 is 11.6 Å². The zero-order valence-corrected chi connectivity index (χ0v) is 11.4.